The largest absolute Gasteiger partial charge is 0.489 e. The summed E-state index contributed by atoms with van der Waals surface area (Å²) in [6, 6.07) is 25.9. The molecule has 7 heteroatoms. The van der Waals surface area contributed by atoms with Gasteiger partial charge < -0.3 is 24.8 Å². The molecule has 34 heavy (non-hydrogen) atoms. The van der Waals surface area contributed by atoms with Crippen molar-refractivity contribution in [1.82, 2.24) is 10.6 Å². The van der Waals surface area contributed by atoms with E-state index in [1.165, 1.54) is 0 Å². The SMILES string of the molecule is COCCNC(=O)[C@H](Cc1ccc(OCc2ccccc2)cc1)NC(=O)OCc1ccccc1. The zero-order valence-electron chi connectivity index (χ0n) is 19.2. The Kier molecular flexibility index (Phi) is 9.95. The van der Waals surface area contributed by atoms with Gasteiger partial charge in [0.15, 0.2) is 0 Å². The Labute approximate surface area is 200 Å². The molecule has 178 valence electrons. The molecule has 0 fully saturated rings. The number of carbonyl (C=O) groups excluding carboxylic acids is 2. The van der Waals surface area contributed by atoms with Crippen molar-refractivity contribution in [2.75, 3.05) is 20.3 Å². The van der Waals surface area contributed by atoms with Crippen molar-refractivity contribution < 1.29 is 23.8 Å². The normalized spacial score (nSPS) is 11.3. The molecule has 0 aliphatic heterocycles. The molecule has 2 amide bonds. The van der Waals surface area contributed by atoms with Crippen molar-refractivity contribution >= 4 is 12.0 Å². The lowest BCUT2D eigenvalue weighted by atomic mass is 10.1. The number of benzene rings is 3. The Hall–Kier alpha value is -3.84. The lowest BCUT2D eigenvalue weighted by Gasteiger charge is -2.19. The van der Waals surface area contributed by atoms with E-state index >= 15 is 0 Å². The van der Waals surface area contributed by atoms with E-state index in [4.69, 9.17) is 14.2 Å². The highest BCUT2D eigenvalue weighted by Crippen LogP contribution is 2.15. The van der Waals surface area contributed by atoms with E-state index in [0.29, 0.717) is 26.2 Å². The Morgan fingerprint density at radius 2 is 1.41 bits per heavy atom. The van der Waals surface area contributed by atoms with Crippen molar-refractivity contribution in [3.63, 3.8) is 0 Å². The molecule has 1 atom stereocenters. The number of ether oxygens (including phenoxy) is 3. The van der Waals surface area contributed by atoms with Crippen LogP contribution in [0, 0.1) is 0 Å². The van der Waals surface area contributed by atoms with E-state index in [1.54, 1.807) is 7.11 Å². The molecule has 2 N–H and O–H groups in total. The maximum atomic E-state index is 12.7. The fourth-order valence-electron chi connectivity index (χ4n) is 3.21. The second-order valence-corrected chi connectivity index (χ2v) is 7.66. The first-order valence-electron chi connectivity index (χ1n) is 11.1. The predicted molar refractivity (Wildman–Crippen MR) is 129 cm³/mol. The third-order valence-electron chi connectivity index (χ3n) is 5.04. The van der Waals surface area contributed by atoms with Crippen LogP contribution in [0.25, 0.3) is 0 Å². The summed E-state index contributed by atoms with van der Waals surface area (Å²) in [5.74, 6) is 0.419. The van der Waals surface area contributed by atoms with Crippen molar-refractivity contribution in [2.24, 2.45) is 0 Å². The van der Waals surface area contributed by atoms with Crippen LogP contribution in [0.3, 0.4) is 0 Å². The van der Waals surface area contributed by atoms with Crippen LogP contribution in [0.4, 0.5) is 4.79 Å². The highest BCUT2D eigenvalue weighted by molar-refractivity contribution is 5.85. The molecule has 0 aromatic heterocycles. The molecule has 0 bridgehead atoms. The zero-order valence-corrected chi connectivity index (χ0v) is 19.2. The summed E-state index contributed by atoms with van der Waals surface area (Å²) in [5, 5.41) is 5.45. The van der Waals surface area contributed by atoms with Gasteiger partial charge in [-0.3, -0.25) is 4.79 Å². The second kappa shape index (κ2) is 13.6. The molecule has 3 aromatic rings. The average molecular weight is 463 g/mol. The van der Waals surface area contributed by atoms with Crippen molar-refractivity contribution in [2.45, 2.75) is 25.7 Å². The lowest BCUT2D eigenvalue weighted by Crippen LogP contribution is -2.48. The summed E-state index contributed by atoms with van der Waals surface area (Å²) in [5.41, 5.74) is 2.82. The van der Waals surface area contributed by atoms with E-state index in [2.05, 4.69) is 10.6 Å². The molecule has 7 nitrogen and oxygen atoms in total. The lowest BCUT2D eigenvalue weighted by molar-refractivity contribution is -0.123. The van der Waals surface area contributed by atoms with E-state index < -0.39 is 12.1 Å². The number of hydrogen-bond donors (Lipinski definition) is 2. The first kappa shape index (κ1) is 24.8. The van der Waals surface area contributed by atoms with Gasteiger partial charge in [-0.2, -0.15) is 0 Å². The second-order valence-electron chi connectivity index (χ2n) is 7.66. The minimum absolute atomic E-state index is 0.123. The van der Waals surface area contributed by atoms with Gasteiger partial charge in [0.25, 0.3) is 0 Å². The van der Waals surface area contributed by atoms with Crippen LogP contribution in [-0.4, -0.2) is 38.3 Å². The molecule has 0 aliphatic rings. The quantitative estimate of drug-likeness (QED) is 0.399. The van der Waals surface area contributed by atoms with Crippen LogP contribution in [0.15, 0.2) is 84.9 Å². The molecule has 0 saturated carbocycles. The number of rotatable bonds is 12. The number of carbonyl (C=O) groups is 2. The molecule has 3 aromatic carbocycles. The number of methoxy groups -OCH3 is 1. The molecule has 0 aliphatic carbocycles. The van der Waals surface area contributed by atoms with Crippen LogP contribution < -0.4 is 15.4 Å². The van der Waals surface area contributed by atoms with E-state index in [0.717, 1.165) is 22.4 Å². The molecule has 0 spiro atoms. The number of nitrogens with one attached hydrogen (secondary N) is 2. The van der Waals surface area contributed by atoms with E-state index in [9.17, 15) is 9.59 Å². The molecular weight excluding hydrogens is 432 g/mol. The standard InChI is InChI=1S/C27H30N2O5/c1-32-17-16-28-26(30)25(29-27(31)34-20-23-10-6-3-7-11-23)18-21-12-14-24(15-13-21)33-19-22-8-4-2-5-9-22/h2-15,25H,16-20H2,1H3,(H,28,30)(H,29,31)/t25-/m0/s1. The van der Waals surface area contributed by atoms with Gasteiger partial charge in [-0.05, 0) is 28.8 Å². The Morgan fingerprint density at radius 3 is 2.03 bits per heavy atom. The number of amides is 2. The van der Waals surface area contributed by atoms with Gasteiger partial charge >= 0.3 is 6.09 Å². The summed E-state index contributed by atoms with van der Waals surface area (Å²) < 4.78 is 16.1. The zero-order chi connectivity index (χ0) is 24.0. The van der Waals surface area contributed by atoms with Gasteiger partial charge in [-0.1, -0.05) is 72.8 Å². The van der Waals surface area contributed by atoms with E-state index in [-0.39, 0.29) is 12.5 Å². The monoisotopic (exact) mass is 462 g/mol. The van der Waals surface area contributed by atoms with Gasteiger partial charge in [-0.15, -0.1) is 0 Å². The smallest absolute Gasteiger partial charge is 0.408 e. The van der Waals surface area contributed by atoms with Gasteiger partial charge in [0, 0.05) is 20.1 Å². The van der Waals surface area contributed by atoms with Crippen molar-refractivity contribution in [1.29, 1.82) is 0 Å². The first-order valence-corrected chi connectivity index (χ1v) is 11.1. The fourth-order valence-corrected chi connectivity index (χ4v) is 3.21. The minimum Gasteiger partial charge on any atom is -0.489 e. The highest BCUT2D eigenvalue weighted by Gasteiger charge is 2.22. The summed E-state index contributed by atoms with van der Waals surface area (Å²) in [6.45, 7) is 1.32. The van der Waals surface area contributed by atoms with Gasteiger partial charge in [0.2, 0.25) is 5.91 Å². The summed E-state index contributed by atoms with van der Waals surface area (Å²) in [4.78, 5) is 25.1. The highest BCUT2D eigenvalue weighted by atomic mass is 16.5. The molecular formula is C27H30N2O5. The summed E-state index contributed by atoms with van der Waals surface area (Å²) in [7, 11) is 1.56. The summed E-state index contributed by atoms with van der Waals surface area (Å²) >= 11 is 0. The Morgan fingerprint density at radius 1 is 0.794 bits per heavy atom. The van der Waals surface area contributed by atoms with Crippen LogP contribution in [0.5, 0.6) is 5.75 Å². The minimum atomic E-state index is -0.795. The molecule has 0 radical (unpaired) electrons. The van der Waals surface area contributed by atoms with Gasteiger partial charge in [0.05, 0.1) is 6.61 Å². The third-order valence-corrected chi connectivity index (χ3v) is 5.04. The topological polar surface area (TPSA) is 85.9 Å². The molecule has 0 saturated heterocycles. The fraction of sp³-hybridized carbons (Fsp3) is 0.259. The molecule has 0 unspecified atom stereocenters. The average Bonchev–Trinajstić information content (AvgIpc) is 2.88. The van der Waals surface area contributed by atoms with Crippen LogP contribution in [0.1, 0.15) is 16.7 Å². The number of hydrogen-bond acceptors (Lipinski definition) is 5. The third kappa shape index (κ3) is 8.60. The van der Waals surface area contributed by atoms with E-state index in [1.807, 2.05) is 84.9 Å². The Bertz CT molecular complexity index is 1010. The van der Waals surface area contributed by atoms with Gasteiger partial charge in [0.1, 0.15) is 25.0 Å². The van der Waals surface area contributed by atoms with Crippen LogP contribution >= 0.6 is 0 Å². The molecule has 3 rings (SSSR count). The Balaban J connectivity index is 1.57. The first-order chi connectivity index (χ1) is 16.6. The van der Waals surface area contributed by atoms with Crippen LogP contribution in [0.2, 0.25) is 0 Å². The summed E-state index contributed by atoms with van der Waals surface area (Å²) in [6.07, 6.45) is -0.350. The predicted octanol–water partition coefficient (Wildman–Crippen LogP) is 3.87. The maximum absolute atomic E-state index is 12.7. The van der Waals surface area contributed by atoms with Crippen molar-refractivity contribution in [3.8, 4) is 5.75 Å². The molecule has 0 heterocycles. The van der Waals surface area contributed by atoms with Crippen molar-refractivity contribution in [3.05, 3.63) is 102 Å². The number of alkyl carbamates (subject to hydrolysis) is 1. The van der Waals surface area contributed by atoms with Crippen LogP contribution in [-0.2, 0) is 33.9 Å². The maximum Gasteiger partial charge on any atom is 0.408 e. The van der Waals surface area contributed by atoms with Gasteiger partial charge in [-0.25, -0.2) is 4.79 Å².